The fourth-order valence-electron chi connectivity index (χ4n) is 1.05. The van der Waals surface area contributed by atoms with Gasteiger partial charge in [-0.25, -0.2) is 0 Å². The van der Waals surface area contributed by atoms with Crippen LogP contribution in [0, 0.1) is 11.3 Å². The van der Waals surface area contributed by atoms with Crippen LogP contribution in [0.4, 0.5) is 0 Å². The Kier molecular flexibility index (Phi) is 3.45. The van der Waals surface area contributed by atoms with Gasteiger partial charge in [0.2, 0.25) is 0 Å². The number of nitrogens with zero attached hydrogens (tertiary/aromatic N) is 1. The van der Waals surface area contributed by atoms with Crippen LogP contribution in [-0.2, 0) is 0 Å². The van der Waals surface area contributed by atoms with E-state index < -0.39 is 0 Å². The first-order valence-corrected chi connectivity index (χ1v) is 4.03. The molecule has 70 valence electrons. The minimum Gasteiger partial charge on any atom is -0.496 e. The third-order valence-corrected chi connectivity index (χ3v) is 1.68. The predicted molar refractivity (Wildman–Crippen MR) is 52.1 cm³/mol. The summed E-state index contributed by atoms with van der Waals surface area (Å²) in [6.07, 6.45) is 2.37. The molecule has 0 atom stereocenters. The van der Waals surface area contributed by atoms with Crippen molar-refractivity contribution in [2.75, 3.05) is 7.11 Å². The molecule has 1 aromatic rings. The first kappa shape index (κ1) is 10.0. The van der Waals surface area contributed by atoms with Gasteiger partial charge in [-0.3, -0.25) is 4.79 Å². The van der Waals surface area contributed by atoms with Crippen molar-refractivity contribution in [1.29, 1.82) is 5.26 Å². The number of methoxy groups -OCH3 is 1. The van der Waals surface area contributed by atoms with Crippen LogP contribution < -0.4 is 4.74 Å². The molecule has 0 unspecified atom stereocenters. The Hall–Kier alpha value is -2.08. The standard InChI is InChI=1S/C11H9NO2/c1-14-11-7-3-2-5-9(11)10(13)6-4-8-12/h2-7H,1H3. The van der Waals surface area contributed by atoms with E-state index in [2.05, 4.69) is 0 Å². The lowest BCUT2D eigenvalue weighted by Crippen LogP contribution is -1.98. The molecule has 0 fully saturated rings. The number of hydrogen-bond acceptors (Lipinski definition) is 3. The molecule has 0 amide bonds. The van der Waals surface area contributed by atoms with E-state index >= 15 is 0 Å². The Labute approximate surface area is 82.2 Å². The number of carbonyl (C=O) groups is 1. The second-order valence-corrected chi connectivity index (χ2v) is 2.53. The highest BCUT2D eigenvalue weighted by Gasteiger charge is 2.07. The third kappa shape index (κ3) is 2.20. The molecule has 0 aromatic heterocycles. The number of hydrogen-bond donors (Lipinski definition) is 0. The molecule has 0 bridgehead atoms. The summed E-state index contributed by atoms with van der Waals surface area (Å²) in [5, 5.41) is 8.27. The minimum absolute atomic E-state index is 0.232. The second-order valence-electron chi connectivity index (χ2n) is 2.53. The van der Waals surface area contributed by atoms with Gasteiger partial charge in [0.15, 0.2) is 5.78 Å². The average Bonchev–Trinajstić information content (AvgIpc) is 2.25. The van der Waals surface area contributed by atoms with Gasteiger partial charge in [-0.1, -0.05) is 12.1 Å². The second kappa shape index (κ2) is 4.83. The first-order valence-electron chi connectivity index (χ1n) is 4.03. The zero-order valence-electron chi connectivity index (χ0n) is 7.73. The van der Waals surface area contributed by atoms with Gasteiger partial charge < -0.3 is 4.74 Å². The van der Waals surface area contributed by atoms with Crippen molar-refractivity contribution in [2.45, 2.75) is 0 Å². The van der Waals surface area contributed by atoms with E-state index in [0.717, 1.165) is 6.08 Å². The molecule has 3 nitrogen and oxygen atoms in total. The van der Waals surface area contributed by atoms with Gasteiger partial charge in [0.1, 0.15) is 5.75 Å². The molecule has 0 heterocycles. The molecule has 1 aromatic carbocycles. The molecule has 3 heteroatoms. The number of rotatable bonds is 3. The van der Waals surface area contributed by atoms with Gasteiger partial charge in [0.05, 0.1) is 18.7 Å². The third-order valence-electron chi connectivity index (χ3n) is 1.68. The highest BCUT2D eigenvalue weighted by Crippen LogP contribution is 2.17. The van der Waals surface area contributed by atoms with Crippen LogP contribution in [0.2, 0.25) is 0 Å². The number of para-hydroxylation sites is 1. The van der Waals surface area contributed by atoms with E-state index in [0.29, 0.717) is 11.3 Å². The summed E-state index contributed by atoms with van der Waals surface area (Å²) in [7, 11) is 1.50. The molecule has 0 spiro atoms. The smallest absolute Gasteiger partial charge is 0.190 e. The lowest BCUT2D eigenvalue weighted by molar-refractivity contribution is 0.104. The largest absolute Gasteiger partial charge is 0.496 e. The molecule has 0 aliphatic rings. The van der Waals surface area contributed by atoms with Crippen molar-refractivity contribution in [2.24, 2.45) is 0 Å². The van der Waals surface area contributed by atoms with E-state index in [1.165, 1.54) is 13.2 Å². The van der Waals surface area contributed by atoms with Crippen molar-refractivity contribution in [3.8, 4) is 11.8 Å². The Balaban J connectivity index is 3.01. The Bertz CT molecular complexity index is 402. The van der Waals surface area contributed by atoms with Crippen LogP contribution >= 0.6 is 0 Å². The zero-order valence-corrected chi connectivity index (χ0v) is 7.73. The SMILES string of the molecule is COc1ccccc1C(=O)C=CC#N. The van der Waals surface area contributed by atoms with Crippen LogP contribution in [0.3, 0.4) is 0 Å². The van der Waals surface area contributed by atoms with Crippen LogP contribution in [-0.4, -0.2) is 12.9 Å². The fraction of sp³-hybridized carbons (Fsp3) is 0.0909. The van der Waals surface area contributed by atoms with Crippen molar-refractivity contribution in [1.82, 2.24) is 0 Å². The summed E-state index contributed by atoms with van der Waals surface area (Å²) < 4.78 is 5.01. The van der Waals surface area contributed by atoms with Crippen molar-refractivity contribution in [3.05, 3.63) is 42.0 Å². The predicted octanol–water partition coefficient (Wildman–Crippen LogP) is 1.96. The number of nitriles is 1. The monoisotopic (exact) mass is 187 g/mol. The number of carbonyl (C=O) groups excluding carboxylic acids is 1. The average molecular weight is 187 g/mol. The lowest BCUT2D eigenvalue weighted by atomic mass is 10.1. The molecule has 1 rings (SSSR count). The van der Waals surface area contributed by atoms with Gasteiger partial charge in [-0.2, -0.15) is 5.26 Å². The molecule has 0 saturated heterocycles. The lowest BCUT2D eigenvalue weighted by Gasteiger charge is -2.03. The maximum atomic E-state index is 11.5. The Morgan fingerprint density at radius 2 is 2.21 bits per heavy atom. The summed E-state index contributed by atoms with van der Waals surface area (Å²) in [4.78, 5) is 11.5. The Morgan fingerprint density at radius 3 is 2.86 bits per heavy atom. The topological polar surface area (TPSA) is 50.1 Å². The minimum atomic E-state index is -0.232. The van der Waals surface area contributed by atoms with Crippen molar-refractivity contribution < 1.29 is 9.53 Å². The molecular formula is C11H9NO2. The molecule has 0 radical (unpaired) electrons. The van der Waals surface area contributed by atoms with Gasteiger partial charge >= 0.3 is 0 Å². The van der Waals surface area contributed by atoms with Gasteiger partial charge in [-0.15, -0.1) is 0 Å². The highest BCUT2D eigenvalue weighted by molar-refractivity contribution is 6.06. The molecule has 0 saturated carbocycles. The Morgan fingerprint density at radius 1 is 1.50 bits per heavy atom. The van der Waals surface area contributed by atoms with Gasteiger partial charge in [-0.05, 0) is 18.2 Å². The molecular weight excluding hydrogens is 178 g/mol. The molecule has 0 aliphatic carbocycles. The van der Waals surface area contributed by atoms with Crippen molar-refractivity contribution >= 4 is 5.78 Å². The fourth-order valence-corrected chi connectivity index (χ4v) is 1.05. The molecule has 0 N–H and O–H groups in total. The zero-order chi connectivity index (χ0) is 10.4. The molecule has 14 heavy (non-hydrogen) atoms. The summed E-state index contributed by atoms with van der Waals surface area (Å²) in [6, 6.07) is 8.65. The summed E-state index contributed by atoms with van der Waals surface area (Å²) >= 11 is 0. The first-order chi connectivity index (χ1) is 6.79. The number of ether oxygens (including phenoxy) is 1. The van der Waals surface area contributed by atoms with Crippen LogP contribution in [0.15, 0.2) is 36.4 Å². The summed E-state index contributed by atoms with van der Waals surface area (Å²) in [6.45, 7) is 0. The van der Waals surface area contributed by atoms with Gasteiger partial charge in [0.25, 0.3) is 0 Å². The summed E-state index contributed by atoms with van der Waals surface area (Å²) in [5.41, 5.74) is 0.460. The maximum Gasteiger partial charge on any atom is 0.190 e. The van der Waals surface area contributed by atoms with Crippen LogP contribution in [0.5, 0.6) is 5.75 Å². The molecule has 0 aliphatic heterocycles. The van der Waals surface area contributed by atoms with Crippen LogP contribution in [0.1, 0.15) is 10.4 Å². The van der Waals surface area contributed by atoms with Crippen LogP contribution in [0.25, 0.3) is 0 Å². The van der Waals surface area contributed by atoms with Crippen molar-refractivity contribution in [3.63, 3.8) is 0 Å². The van der Waals surface area contributed by atoms with E-state index in [-0.39, 0.29) is 5.78 Å². The number of allylic oxidation sites excluding steroid dienone is 2. The van der Waals surface area contributed by atoms with E-state index in [1.807, 2.05) is 0 Å². The maximum absolute atomic E-state index is 11.5. The highest BCUT2D eigenvalue weighted by atomic mass is 16.5. The van der Waals surface area contributed by atoms with E-state index in [4.69, 9.17) is 10.00 Å². The summed E-state index contributed by atoms with van der Waals surface area (Å²) in [5.74, 6) is 0.282. The van der Waals surface area contributed by atoms with Gasteiger partial charge in [0, 0.05) is 6.08 Å². The number of benzene rings is 1. The number of ketones is 1. The quantitative estimate of drug-likeness (QED) is 0.413. The van der Waals surface area contributed by atoms with E-state index in [1.54, 1.807) is 30.3 Å². The van der Waals surface area contributed by atoms with E-state index in [9.17, 15) is 4.79 Å². The normalized spacial score (nSPS) is 9.71.